The third kappa shape index (κ3) is 5.92. The third-order valence-electron chi connectivity index (χ3n) is 6.66. The number of rotatable bonds is 13. The first kappa shape index (κ1) is 25.8. The molecule has 1 heterocycles. The van der Waals surface area contributed by atoms with Crippen LogP contribution in [0.25, 0.3) is 0 Å². The van der Waals surface area contributed by atoms with Gasteiger partial charge in [0.2, 0.25) is 0 Å². The highest BCUT2D eigenvalue weighted by molar-refractivity contribution is 6.16. The van der Waals surface area contributed by atoms with Crippen LogP contribution in [0.15, 0.2) is 89.9 Å². The van der Waals surface area contributed by atoms with Gasteiger partial charge in [-0.1, -0.05) is 92.7 Å². The van der Waals surface area contributed by atoms with Crippen molar-refractivity contribution in [3.8, 4) is 0 Å². The van der Waals surface area contributed by atoms with Crippen molar-refractivity contribution in [3.05, 3.63) is 107 Å². The fraction of sp³-hybridized carbons (Fsp3) is 0.355. The van der Waals surface area contributed by atoms with E-state index in [-0.39, 0.29) is 5.91 Å². The van der Waals surface area contributed by atoms with Crippen molar-refractivity contribution >= 4 is 11.7 Å². The van der Waals surface area contributed by atoms with Gasteiger partial charge in [0.15, 0.2) is 5.54 Å². The molecule has 1 aliphatic heterocycles. The van der Waals surface area contributed by atoms with Gasteiger partial charge in [0.1, 0.15) is 5.84 Å². The van der Waals surface area contributed by atoms with E-state index in [9.17, 15) is 4.79 Å². The Kier molecular flexibility index (Phi) is 9.04. The molecular weight excluding hydrogens is 444 g/mol. The van der Waals surface area contributed by atoms with Gasteiger partial charge in [-0.25, -0.2) is 4.99 Å². The molecule has 5 nitrogen and oxygen atoms in total. The first-order valence-corrected chi connectivity index (χ1v) is 13.2. The smallest absolute Gasteiger partial charge is 0.262 e. The molecule has 0 aromatic heterocycles. The average molecular weight is 483 g/mol. The molecule has 0 saturated carbocycles. The highest BCUT2D eigenvalue weighted by Gasteiger charge is 2.46. The topological polar surface area (TPSA) is 56.7 Å². The zero-order chi connectivity index (χ0) is 25.2. The van der Waals surface area contributed by atoms with Crippen LogP contribution in [0.1, 0.15) is 55.4 Å². The summed E-state index contributed by atoms with van der Waals surface area (Å²) in [5.41, 5.74) is 2.74. The average Bonchev–Trinajstić information content (AvgIpc) is 3.28. The molecule has 4 rings (SSSR count). The van der Waals surface area contributed by atoms with E-state index in [1.165, 1.54) is 31.5 Å². The molecule has 1 amide bonds. The van der Waals surface area contributed by atoms with Crippen LogP contribution in [0.4, 0.5) is 0 Å². The molecule has 0 unspecified atom stereocenters. The van der Waals surface area contributed by atoms with E-state index in [1.807, 2.05) is 72.8 Å². The van der Waals surface area contributed by atoms with Gasteiger partial charge in [-0.3, -0.25) is 4.79 Å². The van der Waals surface area contributed by atoms with Crippen LogP contribution < -0.4 is 10.6 Å². The van der Waals surface area contributed by atoms with Gasteiger partial charge in [0, 0.05) is 12.1 Å². The number of benzene rings is 3. The molecule has 3 aromatic carbocycles. The minimum atomic E-state index is -1.09. The first-order chi connectivity index (χ1) is 17.7. The standard InChI is InChI=1S/C31H38N4O/c1-3-20-35(21-4-2)22-12-19-32-24-25-13-11-14-26(23-25)29-33-30(36)31(34-29,27-15-7-5-8-16-27)28-17-9-6-10-18-28/h5-11,13-18,23,32H,3-4,12,19-22,24H2,1-2H3,(H,33,34,36). The number of carbonyl (C=O) groups excluding carboxylic acids is 1. The Hall–Kier alpha value is -3.28. The highest BCUT2D eigenvalue weighted by Crippen LogP contribution is 2.37. The van der Waals surface area contributed by atoms with E-state index in [1.54, 1.807) is 0 Å². The molecule has 0 spiro atoms. The lowest BCUT2D eigenvalue weighted by molar-refractivity contribution is -0.122. The Morgan fingerprint density at radius 1 is 0.833 bits per heavy atom. The molecule has 1 aliphatic rings. The van der Waals surface area contributed by atoms with Crippen LogP contribution in [0, 0.1) is 0 Å². The maximum Gasteiger partial charge on any atom is 0.262 e. The van der Waals surface area contributed by atoms with Gasteiger partial charge in [-0.05, 0) is 68.2 Å². The number of hydrogen-bond donors (Lipinski definition) is 2. The second-order valence-corrected chi connectivity index (χ2v) is 9.43. The van der Waals surface area contributed by atoms with Crippen molar-refractivity contribution in [3.63, 3.8) is 0 Å². The predicted molar refractivity (Wildman–Crippen MR) is 148 cm³/mol. The van der Waals surface area contributed by atoms with E-state index >= 15 is 0 Å². The van der Waals surface area contributed by atoms with Crippen molar-refractivity contribution < 1.29 is 4.79 Å². The van der Waals surface area contributed by atoms with Gasteiger partial charge >= 0.3 is 0 Å². The van der Waals surface area contributed by atoms with Crippen molar-refractivity contribution in [1.82, 2.24) is 15.5 Å². The van der Waals surface area contributed by atoms with Gasteiger partial charge in [0.25, 0.3) is 5.91 Å². The van der Waals surface area contributed by atoms with Crippen molar-refractivity contribution in [2.45, 2.75) is 45.2 Å². The van der Waals surface area contributed by atoms with Gasteiger partial charge < -0.3 is 15.5 Å². The minimum absolute atomic E-state index is 0.123. The molecule has 0 bridgehead atoms. The maximum absolute atomic E-state index is 13.5. The number of carbonyl (C=O) groups is 1. The number of hydrogen-bond acceptors (Lipinski definition) is 4. The zero-order valence-corrected chi connectivity index (χ0v) is 21.5. The lowest BCUT2D eigenvalue weighted by Crippen LogP contribution is -2.38. The fourth-order valence-electron chi connectivity index (χ4n) is 4.95. The second kappa shape index (κ2) is 12.6. The second-order valence-electron chi connectivity index (χ2n) is 9.43. The summed E-state index contributed by atoms with van der Waals surface area (Å²) in [6, 6.07) is 27.9. The normalized spacial score (nSPS) is 14.6. The largest absolute Gasteiger partial charge is 0.313 e. The van der Waals surface area contributed by atoms with Crippen LogP contribution >= 0.6 is 0 Å². The first-order valence-electron chi connectivity index (χ1n) is 13.2. The summed E-state index contributed by atoms with van der Waals surface area (Å²) < 4.78 is 0. The van der Waals surface area contributed by atoms with Crippen molar-refractivity contribution in [2.75, 3.05) is 26.2 Å². The van der Waals surface area contributed by atoms with E-state index in [4.69, 9.17) is 4.99 Å². The summed E-state index contributed by atoms with van der Waals surface area (Å²) >= 11 is 0. The van der Waals surface area contributed by atoms with Crippen LogP contribution in [-0.4, -0.2) is 42.8 Å². The Bertz CT molecular complexity index is 1100. The molecule has 188 valence electrons. The number of nitrogens with zero attached hydrogens (tertiary/aromatic N) is 2. The quantitative estimate of drug-likeness (QED) is 0.333. The van der Waals surface area contributed by atoms with Crippen LogP contribution in [0.5, 0.6) is 0 Å². The molecule has 0 fully saturated rings. The summed E-state index contributed by atoms with van der Waals surface area (Å²) in [5.74, 6) is 0.492. The predicted octanol–water partition coefficient (Wildman–Crippen LogP) is 5.11. The van der Waals surface area contributed by atoms with Crippen LogP contribution in [0.2, 0.25) is 0 Å². The summed E-state index contributed by atoms with van der Waals surface area (Å²) in [6.07, 6.45) is 3.55. The Morgan fingerprint density at radius 2 is 1.47 bits per heavy atom. The molecular formula is C31H38N4O. The maximum atomic E-state index is 13.5. The summed E-state index contributed by atoms with van der Waals surface area (Å²) in [5, 5.41) is 6.67. The molecule has 5 heteroatoms. The molecule has 3 aromatic rings. The van der Waals surface area contributed by atoms with Crippen molar-refractivity contribution in [2.24, 2.45) is 4.99 Å². The fourth-order valence-corrected chi connectivity index (χ4v) is 4.95. The summed E-state index contributed by atoms with van der Waals surface area (Å²) in [6.45, 7) is 9.76. The molecule has 0 aliphatic carbocycles. The van der Waals surface area contributed by atoms with Crippen molar-refractivity contribution in [1.29, 1.82) is 0 Å². The van der Waals surface area contributed by atoms with Gasteiger partial charge in [-0.15, -0.1) is 0 Å². The zero-order valence-electron chi connectivity index (χ0n) is 21.5. The summed E-state index contributed by atoms with van der Waals surface area (Å²) in [7, 11) is 0. The van der Waals surface area contributed by atoms with E-state index in [2.05, 4.69) is 41.5 Å². The monoisotopic (exact) mass is 482 g/mol. The lowest BCUT2D eigenvalue weighted by atomic mass is 9.83. The van der Waals surface area contributed by atoms with E-state index in [0.29, 0.717) is 5.84 Å². The number of aliphatic imine (C=N–C) groups is 1. The van der Waals surface area contributed by atoms with Crippen LogP contribution in [-0.2, 0) is 16.9 Å². The highest BCUT2D eigenvalue weighted by atomic mass is 16.2. The molecule has 2 N–H and O–H groups in total. The lowest BCUT2D eigenvalue weighted by Gasteiger charge is -2.24. The number of nitrogens with one attached hydrogen (secondary N) is 2. The van der Waals surface area contributed by atoms with Gasteiger partial charge in [0.05, 0.1) is 0 Å². The summed E-state index contributed by atoms with van der Waals surface area (Å²) in [4.78, 5) is 21.1. The Morgan fingerprint density at radius 3 is 2.08 bits per heavy atom. The molecule has 0 saturated heterocycles. The Balaban J connectivity index is 1.48. The van der Waals surface area contributed by atoms with Crippen LogP contribution in [0.3, 0.4) is 0 Å². The van der Waals surface area contributed by atoms with E-state index < -0.39 is 5.54 Å². The van der Waals surface area contributed by atoms with E-state index in [0.717, 1.165) is 42.7 Å². The van der Waals surface area contributed by atoms with Gasteiger partial charge in [-0.2, -0.15) is 0 Å². The third-order valence-corrected chi connectivity index (χ3v) is 6.66. The molecule has 0 atom stereocenters. The Labute approximate surface area is 215 Å². The minimum Gasteiger partial charge on any atom is -0.313 e. The number of amides is 1. The molecule has 0 radical (unpaired) electrons. The SMILES string of the molecule is CCCN(CCC)CCCNCc1cccc(C2=NC(c3ccccc3)(c3ccccc3)C(=O)N2)c1. The molecule has 36 heavy (non-hydrogen) atoms. The number of amidine groups is 1.